The molecule has 0 saturated heterocycles. The Morgan fingerprint density at radius 3 is 2.43 bits per heavy atom. The van der Waals surface area contributed by atoms with Crippen molar-refractivity contribution in [2.45, 2.75) is 52.7 Å². The number of hydrogen-bond donors (Lipinski definition) is 1. The van der Waals surface area contributed by atoms with Crippen LogP contribution in [0.2, 0.25) is 0 Å². The van der Waals surface area contributed by atoms with Gasteiger partial charge in [-0.1, -0.05) is 51.1 Å². The summed E-state index contributed by atoms with van der Waals surface area (Å²) in [4.78, 5) is 0. The fourth-order valence-electron chi connectivity index (χ4n) is 2.66. The van der Waals surface area contributed by atoms with E-state index in [1.54, 1.807) is 0 Å². The second kappa shape index (κ2) is 6.90. The highest BCUT2D eigenvalue weighted by atomic mass is 15.3. The van der Waals surface area contributed by atoms with Crippen molar-refractivity contribution in [1.82, 2.24) is 15.1 Å². The summed E-state index contributed by atoms with van der Waals surface area (Å²) in [5.74, 6) is 0. The van der Waals surface area contributed by atoms with Gasteiger partial charge < -0.3 is 5.32 Å². The van der Waals surface area contributed by atoms with Gasteiger partial charge in [-0.25, -0.2) is 0 Å². The topological polar surface area (TPSA) is 29.9 Å². The molecule has 0 bridgehead atoms. The number of benzene rings is 1. The van der Waals surface area contributed by atoms with Gasteiger partial charge >= 0.3 is 0 Å². The molecular formula is C18H27N3. The minimum atomic E-state index is 0.291. The van der Waals surface area contributed by atoms with Crippen molar-refractivity contribution in [3.8, 4) is 0 Å². The van der Waals surface area contributed by atoms with Crippen LogP contribution in [-0.4, -0.2) is 15.8 Å². The quantitative estimate of drug-likeness (QED) is 0.868. The Hall–Kier alpha value is -1.61. The zero-order valence-corrected chi connectivity index (χ0v) is 13.6. The largest absolute Gasteiger partial charge is 0.306 e. The minimum absolute atomic E-state index is 0.291. The molecule has 21 heavy (non-hydrogen) atoms. The molecule has 1 N–H and O–H groups in total. The molecule has 0 fully saturated rings. The Morgan fingerprint density at radius 2 is 1.86 bits per heavy atom. The van der Waals surface area contributed by atoms with E-state index in [1.807, 2.05) is 23.1 Å². The molecule has 1 aromatic carbocycles. The number of nitrogens with one attached hydrogen (secondary N) is 1. The van der Waals surface area contributed by atoms with Gasteiger partial charge in [-0.2, -0.15) is 5.10 Å². The standard InChI is InChI=1S/C18H27N3/c1-15(14-21-12-8-11-19-21)20-17(13-18(2,3)4)16-9-6-5-7-10-16/h5-12,15,17,20H,13-14H2,1-4H3. The van der Waals surface area contributed by atoms with Gasteiger partial charge in [0.25, 0.3) is 0 Å². The van der Waals surface area contributed by atoms with Crippen LogP contribution >= 0.6 is 0 Å². The van der Waals surface area contributed by atoms with E-state index in [0.717, 1.165) is 13.0 Å². The van der Waals surface area contributed by atoms with Crippen LogP contribution in [0.15, 0.2) is 48.8 Å². The smallest absolute Gasteiger partial charge is 0.0560 e. The zero-order valence-electron chi connectivity index (χ0n) is 13.6. The summed E-state index contributed by atoms with van der Waals surface area (Å²) in [5, 5.41) is 8.05. The average Bonchev–Trinajstić information content (AvgIpc) is 2.90. The third kappa shape index (κ3) is 5.35. The van der Waals surface area contributed by atoms with E-state index in [9.17, 15) is 0 Å². The van der Waals surface area contributed by atoms with E-state index in [4.69, 9.17) is 0 Å². The Bertz CT molecular complexity index is 511. The van der Waals surface area contributed by atoms with Crippen molar-refractivity contribution < 1.29 is 0 Å². The number of rotatable bonds is 6. The highest BCUT2D eigenvalue weighted by molar-refractivity contribution is 5.19. The zero-order chi connectivity index (χ0) is 15.3. The lowest BCUT2D eigenvalue weighted by atomic mass is 9.85. The Kier molecular flexibility index (Phi) is 5.18. The van der Waals surface area contributed by atoms with Gasteiger partial charge in [0.1, 0.15) is 0 Å². The average molecular weight is 285 g/mol. The van der Waals surface area contributed by atoms with Crippen LogP contribution in [0.3, 0.4) is 0 Å². The highest BCUT2D eigenvalue weighted by Gasteiger charge is 2.21. The van der Waals surface area contributed by atoms with Crippen LogP contribution in [0.5, 0.6) is 0 Å². The summed E-state index contributed by atoms with van der Waals surface area (Å²) in [6.07, 6.45) is 4.95. The van der Waals surface area contributed by atoms with Crippen LogP contribution in [0.4, 0.5) is 0 Å². The number of aromatic nitrogens is 2. The van der Waals surface area contributed by atoms with Crippen LogP contribution in [0, 0.1) is 5.41 Å². The van der Waals surface area contributed by atoms with E-state index < -0.39 is 0 Å². The lowest BCUT2D eigenvalue weighted by Crippen LogP contribution is -2.35. The summed E-state index contributed by atoms with van der Waals surface area (Å²) in [6.45, 7) is 10.00. The van der Waals surface area contributed by atoms with Crippen molar-refractivity contribution in [3.05, 3.63) is 54.4 Å². The molecule has 2 atom stereocenters. The van der Waals surface area contributed by atoms with Gasteiger partial charge in [0.2, 0.25) is 0 Å². The fourth-order valence-corrected chi connectivity index (χ4v) is 2.66. The van der Waals surface area contributed by atoms with Crippen molar-refractivity contribution in [3.63, 3.8) is 0 Å². The number of nitrogens with zero attached hydrogens (tertiary/aromatic N) is 2. The SMILES string of the molecule is CC(Cn1cccn1)NC(CC(C)(C)C)c1ccccc1. The summed E-state index contributed by atoms with van der Waals surface area (Å²) in [6, 6.07) is 13.4. The maximum Gasteiger partial charge on any atom is 0.0560 e. The third-order valence-electron chi connectivity index (χ3n) is 3.52. The Labute approximate surface area is 128 Å². The third-order valence-corrected chi connectivity index (χ3v) is 3.52. The minimum Gasteiger partial charge on any atom is -0.306 e. The maximum absolute atomic E-state index is 4.29. The highest BCUT2D eigenvalue weighted by Crippen LogP contribution is 2.29. The normalized spacial score (nSPS) is 14.9. The first-order chi connectivity index (χ1) is 9.94. The molecule has 2 unspecified atom stereocenters. The lowest BCUT2D eigenvalue weighted by molar-refractivity contribution is 0.286. The molecule has 0 amide bonds. The molecule has 2 aromatic rings. The molecule has 114 valence electrons. The molecule has 0 aliphatic heterocycles. The van der Waals surface area contributed by atoms with Crippen LogP contribution in [-0.2, 0) is 6.54 Å². The first kappa shape index (κ1) is 15.8. The molecular weight excluding hydrogens is 258 g/mol. The van der Waals surface area contributed by atoms with Gasteiger partial charge in [-0.3, -0.25) is 4.68 Å². The predicted molar refractivity (Wildman–Crippen MR) is 88.1 cm³/mol. The van der Waals surface area contributed by atoms with Crippen molar-refractivity contribution in [1.29, 1.82) is 0 Å². The molecule has 0 aliphatic rings. The maximum atomic E-state index is 4.29. The van der Waals surface area contributed by atoms with Gasteiger partial charge in [0.15, 0.2) is 0 Å². The summed E-state index contributed by atoms with van der Waals surface area (Å²) in [5.41, 5.74) is 1.65. The summed E-state index contributed by atoms with van der Waals surface area (Å²) >= 11 is 0. The van der Waals surface area contributed by atoms with Crippen molar-refractivity contribution in [2.24, 2.45) is 5.41 Å². The molecule has 1 aromatic heterocycles. The van der Waals surface area contributed by atoms with Crippen LogP contribution < -0.4 is 5.32 Å². The molecule has 3 nitrogen and oxygen atoms in total. The molecule has 1 heterocycles. The van der Waals surface area contributed by atoms with Gasteiger partial charge in [0.05, 0.1) is 6.54 Å². The first-order valence-electron chi connectivity index (χ1n) is 7.72. The molecule has 0 aliphatic carbocycles. The van der Waals surface area contributed by atoms with E-state index in [-0.39, 0.29) is 0 Å². The predicted octanol–water partition coefficient (Wildman–Crippen LogP) is 4.04. The first-order valence-corrected chi connectivity index (χ1v) is 7.72. The van der Waals surface area contributed by atoms with Crippen LogP contribution in [0.1, 0.15) is 45.7 Å². The lowest BCUT2D eigenvalue weighted by Gasteiger charge is -2.30. The molecule has 2 rings (SSSR count). The van der Waals surface area contributed by atoms with E-state index in [0.29, 0.717) is 17.5 Å². The Balaban J connectivity index is 2.05. The number of hydrogen-bond acceptors (Lipinski definition) is 2. The van der Waals surface area contributed by atoms with Gasteiger partial charge in [0, 0.05) is 24.5 Å². The van der Waals surface area contributed by atoms with Crippen molar-refractivity contribution >= 4 is 0 Å². The second-order valence-corrected chi connectivity index (χ2v) is 7.02. The fraction of sp³-hybridized carbons (Fsp3) is 0.500. The van der Waals surface area contributed by atoms with Gasteiger partial charge in [-0.15, -0.1) is 0 Å². The van der Waals surface area contributed by atoms with E-state index in [2.05, 4.69) is 68.4 Å². The van der Waals surface area contributed by atoms with Gasteiger partial charge in [-0.05, 0) is 30.4 Å². The van der Waals surface area contributed by atoms with E-state index in [1.165, 1.54) is 5.56 Å². The van der Waals surface area contributed by atoms with Crippen molar-refractivity contribution in [2.75, 3.05) is 0 Å². The monoisotopic (exact) mass is 285 g/mol. The summed E-state index contributed by atoms with van der Waals surface area (Å²) < 4.78 is 1.98. The molecule has 0 radical (unpaired) electrons. The molecule has 0 saturated carbocycles. The summed E-state index contributed by atoms with van der Waals surface area (Å²) in [7, 11) is 0. The second-order valence-electron chi connectivity index (χ2n) is 7.02. The van der Waals surface area contributed by atoms with E-state index >= 15 is 0 Å². The molecule has 3 heteroatoms. The Morgan fingerprint density at radius 1 is 1.14 bits per heavy atom. The molecule has 0 spiro atoms. The van der Waals surface area contributed by atoms with Crippen LogP contribution in [0.25, 0.3) is 0 Å².